The lowest BCUT2D eigenvalue weighted by Crippen LogP contribution is -2.30. The molecule has 0 aromatic carbocycles. The fraction of sp³-hybridized carbons (Fsp3) is 0.444. The number of carbonyl (C=O) groups excluding carboxylic acids is 2. The number of carbonyl (C=O) groups is 2. The lowest BCUT2D eigenvalue weighted by atomic mass is 10.3. The third-order valence-electron chi connectivity index (χ3n) is 2.02. The lowest BCUT2D eigenvalue weighted by molar-refractivity contribution is -0.143. The monoisotopic (exact) mass is 265 g/mol. The maximum atomic E-state index is 12.4. The van der Waals surface area contributed by atoms with Gasteiger partial charge in [0, 0.05) is 13.1 Å². The number of esters is 1. The first kappa shape index (κ1) is 14.0. The van der Waals surface area contributed by atoms with Crippen molar-refractivity contribution < 1.29 is 27.5 Å². The number of methoxy groups -OCH3 is 1. The van der Waals surface area contributed by atoms with E-state index in [1.165, 1.54) is 0 Å². The van der Waals surface area contributed by atoms with E-state index in [1.807, 2.05) is 0 Å². The van der Waals surface area contributed by atoms with Crippen molar-refractivity contribution in [3.63, 3.8) is 0 Å². The topological polar surface area (TPSA) is 73.2 Å². The number of aryl methyl sites for hydroxylation is 1. The lowest BCUT2D eigenvalue weighted by Gasteiger charge is -2.04. The quantitative estimate of drug-likeness (QED) is 0.800. The Labute approximate surface area is 99.7 Å². The average Bonchev–Trinajstić information content (AvgIpc) is 2.67. The predicted octanol–water partition coefficient (Wildman–Crippen LogP) is 0.342. The Morgan fingerprint density at radius 2 is 2.11 bits per heavy atom. The Kier molecular flexibility index (Phi) is 3.94. The zero-order chi connectivity index (χ0) is 13.9. The van der Waals surface area contributed by atoms with Crippen molar-refractivity contribution in [1.82, 2.24) is 15.1 Å². The molecule has 18 heavy (non-hydrogen) atoms. The summed E-state index contributed by atoms with van der Waals surface area (Å²) in [7, 11) is 2.19. The van der Waals surface area contributed by atoms with Gasteiger partial charge in [-0.1, -0.05) is 0 Å². The summed E-state index contributed by atoms with van der Waals surface area (Å²) in [6, 6.07) is 0.604. The molecule has 0 spiro atoms. The van der Waals surface area contributed by atoms with Crippen LogP contribution in [-0.2, 0) is 22.8 Å². The Balaban J connectivity index is 2.79. The van der Waals surface area contributed by atoms with Crippen LogP contribution in [-0.4, -0.2) is 35.3 Å². The molecule has 1 aromatic rings. The third kappa shape index (κ3) is 3.22. The van der Waals surface area contributed by atoms with Crippen molar-refractivity contribution in [2.75, 3.05) is 13.7 Å². The normalized spacial score (nSPS) is 11.2. The van der Waals surface area contributed by atoms with E-state index in [2.05, 4.69) is 15.2 Å². The fourth-order valence-electron chi connectivity index (χ4n) is 1.16. The first-order valence-electron chi connectivity index (χ1n) is 4.72. The Morgan fingerprint density at radius 1 is 1.50 bits per heavy atom. The fourth-order valence-corrected chi connectivity index (χ4v) is 1.16. The number of aromatic nitrogens is 2. The maximum Gasteiger partial charge on any atom is 0.433 e. The molecule has 0 aliphatic heterocycles. The molecule has 0 bridgehead atoms. The number of rotatable bonds is 3. The van der Waals surface area contributed by atoms with Gasteiger partial charge < -0.3 is 10.1 Å². The summed E-state index contributed by atoms with van der Waals surface area (Å²) in [5.74, 6) is -1.60. The molecule has 0 aliphatic rings. The number of nitrogens with one attached hydrogen (secondary N) is 1. The molecule has 1 amide bonds. The number of hydrogen-bond acceptors (Lipinski definition) is 4. The van der Waals surface area contributed by atoms with Gasteiger partial charge in [0.25, 0.3) is 5.91 Å². The van der Waals surface area contributed by atoms with Crippen molar-refractivity contribution in [2.24, 2.45) is 7.05 Å². The van der Waals surface area contributed by atoms with Crippen LogP contribution >= 0.6 is 0 Å². The van der Waals surface area contributed by atoms with Crippen LogP contribution in [0.5, 0.6) is 0 Å². The van der Waals surface area contributed by atoms with Gasteiger partial charge in [-0.05, 0) is 0 Å². The molecular formula is C9H10F3N3O3. The van der Waals surface area contributed by atoms with Crippen LogP contribution in [0.4, 0.5) is 13.2 Å². The predicted molar refractivity (Wildman–Crippen MR) is 52.6 cm³/mol. The summed E-state index contributed by atoms with van der Waals surface area (Å²) >= 11 is 0. The van der Waals surface area contributed by atoms with Crippen molar-refractivity contribution in [1.29, 1.82) is 0 Å². The summed E-state index contributed by atoms with van der Waals surface area (Å²) in [6.45, 7) is -0.437. The molecule has 0 saturated carbocycles. The molecule has 1 N–H and O–H groups in total. The van der Waals surface area contributed by atoms with Gasteiger partial charge >= 0.3 is 12.1 Å². The van der Waals surface area contributed by atoms with Crippen LogP contribution < -0.4 is 5.32 Å². The molecule has 1 aromatic heterocycles. The van der Waals surface area contributed by atoms with Crippen molar-refractivity contribution >= 4 is 11.9 Å². The minimum absolute atomic E-state index is 0.422. The van der Waals surface area contributed by atoms with Crippen molar-refractivity contribution in [3.05, 3.63) is 17.5 Å². The van der Waals surface area contributed by atoms with Crippen LogP contribution in [0.3, 0.4) is 0 Å². The van der Waals surface area contributed by atoms with Crippen molar-refractivity contribution in [3.8, 4) is 0 Å². The van der Waals surface area contributed by atoms with E-state index in [4.69, 9.17) is 0 Å². The van der Waals surface area contributed by atoms with Gasteiger partial charge in [0.1, 0.15) is 12.2 Å². The van der Waals surface area contributed by atoms with Crippen LogP contribution in [0.1, 0.15) is 16.2 Å². The molecule has 1 heterocycles. The molecule has 0 aliphatic carbocycles. The number of hydrogen-bond donors (Lipinski definition) is 1. The van der Waals surface area contributed by atoms with Crippen LogP contribution in [0, 0.1) is 0 Å². The smallest absolute Gasteiger partial charge is 0.433 e. The van der Waals surface area contributed by atoms with E-state index in [0.29, 0.717) is 10.7 Å². The molecule has 100 valence electrons. The first-order valence-corrected chi connectivity index (χ1v) is 4.72. The van der Waals surface area contributed by atoms with E-state index in [1.54, 1.807) is 0 Å². The highest BCUT2D eigenvalue weighted by atomic mass is 19.4. The van der Waals surface area contributed by atoms with Gasteiger partial charge in [0.15, 0.2) is 5.69 Å². The molecule has 9 heteroatoms. The van der Waals surface area contributed by atoms with Gasteiger partial charge in [0.2, 0.25) is 0 Å². The molecule has 6 nitrogen and oxygen atoms in total. The van der Waals surface area contributed by atoms with E-state index in [-0.39, 0.29) is 0 Å². The number of halogens is 3. The maximum absolute atomic E-state index is 12.4. The van der Waals surface area contributed by atoms with E-state index in [0.717, 1.165) is 14.2 Å². The molecule has 1 rings (SSSR count). The highest BCUT2D eigenvalue weighted by Gasteiger charge is 2.35. The SMILES string of the molecule is COC(=O)CNC(=O)c1cc(C(F)(F)F)n(C)n1. The van der Waals surface area contributed by atoms with Crippen LogP contribution in [0.25, 0.3) is 0 Å². The van der Waals surface area contributed by atoms with E-state index in [9.17, 15) is 22.8 Å². The highest BCUT2D eigenvalue weighted by Crippen LogP contribution is 2.29. The number of nitrogens with zero attached hydrogens (tertiary/aromatic N) is 2. The summed E-state index contributed by atoms with van der Waals surface area (Å²) in [4.78, 5) is 22.1. The summed E-state index contributed by atoms with van der Waals surface area (Å²) in [5, 5.41) is 5.50. The van der Waals surface area contributed by atoms with Crippen molar-refractivity contribution in [2.45, 2.75) is 6.18 Å². The third-order valence-corrected chi connectivity index (χ3v) is 2.02. The molecule has 0 unspecified atom stereocenters. The summed E-state index contributed by atoms with van der Waals surface area (Å²) in [6.07, 6.45) is -4.59. The minimum Gasteiger partial charge on any atom is -0.468 e. The zero-order valence-electron chi connectivity index (χ0n) is 9.54. The minimum atomic E-state index is -4.59. The van der Waals surface area contributed by atoms with Gasteiger partial charge in [0.05, 0.1) is 7.11 Å². The summed E-state index contributed by atoms with van der Waals surface area (Å²) in [5.41, 5.74) is -1.47. The molecule has 0 radical (unpaired) electrons. The number of amides is 1. The van der Waals surface area contributed by atoms with E-state index < -0.39 is 36.0 Å². The molecule has 0 saturated heterocycles. The van der Waals surface area contributed by atoms with Crippen LogP contribution in [0.2, 0.25) is 0 Å². The molecular weight excluding hydrogens is 255 g/mol. The molecule has 0 atom stereocenters. The Hall–Kier alpha value is -2.06. The second-order valence-corrected chi connectivity index (χ2v) is 3.29. The zero-order valence-corrected chi connectivity index (χ0v) is 9.54. The second-order valence-electron chi connectivity index (χ2n) is 3.29. The van der Waals surface area contributed by atoms with Gasteiger partial charge in [-0.15, -0.1) is 0 Å². The Morgan fingerprint density at radius 3 is 2.56 bits per heavy atom. The van der Waals surface area contributed by atoms with Gasteiger partial charge in [-0.25, -0.2) is 0 Å². The number of ether oxygens (including phenoxy) is 1. The first-order chi connectivity index (χ1) is 8.25. The summed E-state index contributed by atoms with van der Waals surface area (Å²) < 4.78 is 42.1. The highest BCUT2D eigenvalue weighted by molar-refractivity contribution is 5.94. The van der Waals surface area contributed by atoms with Gasteiger partial charge in [-0.2, -0.15) is 18.3 Å². The van der Waals surface area contributed by atoms with E-state index >= 15 is 0 Å². The number of alkyl halides is 3. The second kappa shape index (κ2) is 5.07. The standard InChI is InChI=1S/C9H10F3N3O3/c1-15-6(9(10,11)12)3-5(14-15)8(17)13-4-7(16)18-2/h3H,4H2,1-2H3,(H,13,17). The van der Waals surface area contributed by atoms with Gasteiger partial charge in [-0.3, -0.25) is 14.3 Å². The van der Waals surface area contributed by atoms with Crippen LogP contribution in [0.15, 0.2) is 6.07 Å². The average molecular weight is 265 g/mol. The Bertz CT molecular complexity index is 467. The molecule has 0 fully saturated rings. The largest absolute Gasteiger partial charge is 0.468 e.